The number of hydrogen-bond acceptors (Lipinski definition) is 5. The fraction of sp³-hybridized carbons (Fsp3) is 0.545. The van der Waals surface area contributed by atoms with E-state index in [1.54, 1.807) is 7.05 Å². The van der Waals surface area contributed by atoms with Gasteiger partial charge in [0.2, 0.25) is 0 Å². The van der Waals surface area contributed by atoms with Gasteiger partial charge < -0.3 is 14.5 Å². The first-order valence-electron chi connectivity index (χ1n) is 5.94. The van der Waals surface area contributed by atoms with Gasteiger partial charge >= 0.3 is 5.69 Å². The van der Waals surface area contributed by atoms with Crippen LogP contribution in [0.4, 0.5) is 0 Å². The van der Waals surface area contributed by atoms with Crippen molar-refractivity contribution in [3.8, 4) is 0 Å². The van der Waals surface area contributed by atoms with Crippen molar-refractivity contribution in [3.05, 3.63) is 26.7 Å². The minimum absolute atomic E-state index is 0.300. The monoisotopic (exact) mass is 266 g/mol. The van der Waals surface area contributed by atoms with Crippen LogP contribution in [0.15, 0.2) is 9.59 Å². The Kier molecular flexibility index (Phi) is 2.76. The zero-order valence-electron chi connectivity index (χ0n) is 10.7. The molecule has 0 bridgehead atoms. The maximum atomic E-state index is 12.0. The normalized spacial score (nSPS) is 20.0. The largest absolute Gasteiger partial charge is 0.376 e. The van der Waals surface area contributed by atoms with Gasteiger partial charge in [0.1, 0.15) is 17.4 Å². The SMILES string of the molecule is Cn1c(=O)c2[nH]c([C@H]3COCCO3)nc2n(C)c1=O. The molecular weight excluding hydrogens is 252 g/mol. The van der Waals surface area contributed by atoms with E-state index in [0.717, 1.165) is 4.57 Å². The third-order valence-electron chi connectivity index (χ3n) is 3.23. The standard InChI is InChI=1S/C11H14N4O4/c1-14-9-7(10(16)15(2)11(14)17)12-8(13-9)6-5-18-3-4-19-6/h6H,3-5H2,1-2H3,(H,12,13)/t6-/m1/s1. The summed E-state index contributed by atoms with van der Waals surface area (Å²) >= 11 is 0. The van der Waals surface area contributed by atoms with E-state index in [9.17, 15) is 9.59 Å². The van der Waals surface area contributed by atoms with Crippen LogP contribution in [-0.2, 0) is 23.6 Å². The van der Waals surface area contributed by atoms with Crippen molar-refractivity contribution in [2.24, 2.45) is 14.1 Å². The minimum Gasteiger partial charge on any atom is -0.376 e. The molecule has 0 aliphatic carbocycles. The number of aromatic amines is 1. The second kappa shape index (κ2) is 4.32. The fourth-order valence-corrected chi connectivity index (χ4v) is 2.14. The quantitative estimate of drug-likeness (QED) is 0.718. The molecule has 19 heavy (non-hydrogen) atoms. The molecule has 0 radical (unpaired) electrons. The maximum Gasteiger partial charge on any atom is 0.332 e. The number of hydrogen-bond donors (Lipinski definition) is 1. The van der Waals surface area contributed by atoms with Crippen LogP contribution in [0.3, 0.4) is 0 Å². The lowest BCUT2D eigenvalue weighted by Crippen LogP contribution is -2.36. The second-order valence-corrected chi connectivity index (χ2v) is 4.46. The van der Waals surface area contributed by atoms with Crippen LogP contribution in [0.1, 0.15) is 11.9 Å². The Balaban J connectivity index is 2.20. The molecule has 8 heteroatoms. The lowest BCUT2D eigenvalue weighted by molar-refractivity contribution is -0.0931. The van der Waals surface area contributed by atoms with E-state index >= 15 is 0 Å². The summed E-state index contributed by atoms with van der Waals surface area (Å²) < 4.78 is 13.2. The van der Waals surface area contributed by atoms with Gasteiger partial charge in [0, 0.05) is 14.1 Å². The number of rotatable bonds is 1. The molecule has 2 aromatic heterocycles. The summed E-state index contributed by atoms with van der Waals surface area (Å²) in [4.78, 5) is 31.0. The first-order chi connectivity index (χ1) is 9.09. The summed E-state index contributed by atoms with van der Waals surface area (Å²) in [5.41, 5.74) is -0.170. The van der Waals surface area contributed by atoms with Crippen molar-refractivity contribution in [1.29, 1.82) is 0 Å². The summed E-state index contributed by atoms with van der Waals surface area (Å²) in [6.45, 7) is 1.42. The summed E-state index contributed by atoms with van der Waals surface area (Å²) in [7, 11) is 3.01. The van der Waals surface area contributed by atoms with Gasteiger partial charge in [0.05, 0.1) is 19.8 Å². The molecule has 1 aliphatic heterocycles. The predicted octanol–water partition coefficient (Wildman–Crippen LogP) is -0.952. The number of fused-ring (bicyclic) bond motifs is 1. The Hall–Kier alpha value is -1.93. The second-order valence-electron chi connectivity index (χ2n) is 4.46. The highest BCUT2D eigenvalue weighted by molar-refractivity contribution is 5.69. The van der Waals surface area contributed by atoms with Crippen molar-refractivity contribution >= 4 is 11.2 Å². The highest BCUT2D eigenvalue weighted by atomic mass is 16.6. The van der Waals surface area contributed by atoms with Gasteiger partial charge in [0.15, 0.2) is 5.65 Å². The van der Waals surface area contributed by atoms with E-state index in [-0.39, 0.29) is 6.10 Å². The Labute approximate surface area is 107 Å². The van der Waals surface area contributed by atoms with Gasteiger partial charge in [-0.1, -0.05) is 0 Å². The number of ether oxygens (including phenoxy) is 2. The van der Waals surface area contributed by atoms with Crippen molar-refractivity contribution < 1.29 is 9.47 Å². The van der Waals surface area contributed by atoms with Crippen LogP contribution in [0, 0.1) is 0 Å². The van der Waals surface area contributed by atoms with Crippen molar-refractivity contribution in [2.75, 3.05) is 19.8 Å². The van der Waals surface area contributed by atoms with Crippen LogP contribution >= 0.6 is 0 Å². The average Bonchev–Trinajstić information content (AvgIpc) is 2.89. The summed E-state index contributed by atoms with van der Waals surface area (Å²) in [6.07, 6.45) is -0.332. The number of H-pyrrole nitrogens is 1. The highest BCUT2D eigenvalue weighted by Gasteiger charge is 2.22. The molecule has 0 amide bonds. The van der Waals surface area contributed by atoms with Gasteiger partial charge in [0.25, 0.3) is 5.56 Å². The summed E-state index contributed by atoms with van der Waals surface area (Å²) in [5, 5.41) is 0. The van der Waals surface area contributed by atoms with E-state index in [1.165, 1.54) is 11.6 Å². The Morgan fingerprint density at radius 1 is 1.26 bits per heavy atom. The van der Waals surface area contributed by atoms with E-state index in [0.29, 0.717) is 36.8 Å². The van der Waals surface area contributed by atoms with E-state index < -0.39 is 11.2 Å². The lowest BCUT2D eigenvalue weighted by Gasteiger charge is -2.20. The molecule has 2 aromatic rings. The molecule has 1 aliphatic rings. The molecule has 1 N–H and O–H groups in total. The molecule has 0 spiro atoms. The molecule has 0 aromatic carbocycles. The topological polar surface area (TPSA) is 91.1 Å². The van der Waals surface area contributed by atoms with Crippen molar-refractivity contribution in [2.45, 2.75) is 6.10 Å². The van der Waals surface area contributed by atoms with E-state index in [1.807, 2.05) is 0 Å². The molecule has 8 nitrogen and oxygen atoms in total. The molecule has 0 unspecified atom stereocenters. The molecule has 3 rings (SSSR count). The molecular formula is C11H14N4O4. The first kappa shape index (κ1) is 12.1. The van der Waals surface area contributed by atoms with Gasteiger partial charge in [-0.15, -0.1) is 0 Å². The molecule has 3 heterocycles. The number of aryl methyl sites for hydroxylation is 1. The number of imidazole rings is 1. The number of nitrogens with zero attached hydrogens (tertiary/aromatic N) is 3. The summed E-state index contributed by atoms with van der Waals surface area (Å²) in [5.74, 6) is 0.507. The zero-order chi connectivity index (χ0) is 13.6. The summed E-state index contributed by atoms with van der Waals surface area (Å²) in [6, 6.07) is 0. The van der Waals surface area contributed by atoms with Gasteiger partial charge in [-0.2, -0.15) is 0 Å². The Morgan fingerprint density at radius 2 is 2.05 bits per heavy atom. The first-order valence-corrected chi connectivity index (χ1v) is 5.94. The molecule has 102 valence electrons. The van der Waals surface area contributed by atoms with Crippen LogP contribution in [-0.4, -0.2) is 38.9 Å². The number of nitrogens with one attached hydrogen (secondary N) is 1. The van der Waals surface area contributed by atoms with Crippen LogP contribution in [0.25, 0.3) is 11.2 Å². The predicted molar refractivity (Wildman–Crippen MR) is 66.1 cm³/mol. The maximum absolute atomic E-state index is 12.0. The van der Waals surface area contributed by atoms with Crippen LogP contribution in [0.5, 0.6) is 0 Å². The lowest BCUT2D eigenvalue weighted by atomic mass is 10.3. The Bertz CT molecular complexity index is 735. The van der Waals surface area contributed by atoms with Crippen LogP contribution < -0.4 is 11.2 Å². The van der Waals surface area contributed by atoms with Crippen molar-refractivity contribution in [3.63, 3.8) is 0 Å². The third kappa shape index (κ3) is 1.80. The molecule has 1 saturated heterocycles. The van der Waals surface area contributed by atoms with Gasteiger partial charge in [-0.25, -0.2) is 9.78 Å². The smallest absolute Gasteiger partial charge is 0.332 e. The fourth-order valence-electron chi connectivity index (χ4n) is 2.14. The van der Waals surface area contributed by atoms with Gasteiger partial charge in [-0.3, -0.25) is 13.9 Å². The Morgan fingerprint density at radius 3 is 2.74 bits per heavy atom. The van der Waals surface area contributed by atoms with Gasteiger partial charge in [-0.05, 0) is 0 Å². The van der Waals surface area contributed by atoms with E-state index in [2.05, 4.69) is 9.97 Å². The average molecular weight is 266 g/mol. The highest BCUT2D eigenvalue weighted by Crippen LogP contribution is 2.19. The minimum atomic E-state index is -0.406. The number of aromatic nitrogens is 4. The van der Waals surface area contributed by atoms with Crippen LogP contribution in [0.2, 0.25) is 0 Å². The molecule has 1 fully saturated rings. The molecule has 0 saturated carbocycles. The van der Waals surface area contributed by atoms with E-state index in [4.69, 9.17) is 9.47 Å². The van der Waals surface area contributed by atoms with Crippen molar-refractivity contribution in [1.82, 2.24) is 19.1 Å². The zero-order valence-corrected chi connectivity index (χ0v) is 10.7. The third-order valence-corrected chi connectivity index (χ3v) is 3.23. The molecule has 1 atom stereocenters.